The Labute approximate surface area is 149 Å². The minimum Gasteiger partial charge on any atom is -0.490 e. The van der Waals surface area contributed by atoms with Crippen molar-refractivity contribution in [3.8, 4) is 5.75 Å². The molecule has 0 aliphatic carbocycles. The summed E-state index contributed by atoms with van der Waals surface area (Å²) < 4.78 is 11.5. The smallest absolute Gasteiger partial charge is 0.257 e. The number of β-amino-alcohol motifs (C(OH)–C–C–N with tert-alkyl or cyclic N) is 1. The molecule has 1 aromatic carbocycles. The SMILES string of the molecule is CC(O)CN1CCN(C(=O)c2ccccc2OCC2CCCO2)CC1. The highest BCUT2D eigenvalue weighted by atomic mass is 16.5. The molecule has 1 amide bonds. The summed E-state index contributed by atoms with van der Waals surface area (Å²) in [6.07, 6.45) is 1.88. The standard InChI is InChI=1S/C19H28N2O4/c1-15(22)13-20-8-10-21(11-9-20)19(23)17-6-2-3-7-18(17)25-14-16-5-4-12-24-16/h2-3,6-7,15-16,22H,4-5,8-14H2,1H3. The number of rotatable bonds is 6. The van der Waals surface area contributed by atoms with E-state index >= 15 is 0 Å². The Bertz CT molecular complexity index is 564. The monoisotopic (exact) mass is 348 g/mol. The lowest BCUT2D eigenvalue weighted by Gasteiger charge is -2.35. The Morgan fingerprint density at radius 3 is 2.76 bits per heavy atom. The second-order valence-corrected chi connectivity index (χ2v) is 6.88. The summed E-state index contributed by atoms with van der Waals surface area (Å²) in [5, 5.41) is 9.49. The van der Waals surface area contributed by atoms with E-state index in [0.29, 0.717) is 37.6 Å². The van der Waals surface area contributed by atoms with Crippen molar-refractivity contribution in [2.45, 2.75) is 32.0 Å². The van der Waals surface area contributed by atoms with E-state index in [-0.39, 0.29) is 18.1 Å². The van der Waals surface area contributed by atoms with Gasteiger partial charge in [-0.1, -0.05) is 12.1 Å². The molecule has 0 radical (unpaired) electrons. The molecular formula is C19H28N2O4. The highest BCUT2D eigenvalue weighted by Gasteiger charge is 2.25. The van der Waals surface area contributed by atoms with Crippen molar-refractivity contribution in [2.75, 3.05) is 45.9 Å². The lowest BCUT2D eigenvalue weighted by atomic mass is 10.1. The molecule has 2 unspecified atom stereocenters. The zero-order valence-electron chi connectivity index (χ0n) is 14.9. The maximum atomic E-state index is 12.9. The van der Waals surface area contributed by atoms with Crippen molar-refractivity contribution in [2.24, 2.45) is 0 Å². The zero-order chi connectivity index (χ0) is 17.6. The predicted octanol–water partition coefficient (Wildman–Crippen LogP) is 1.38. The van der Waals surface area contributed by atoms with Gasteiger partial charge in [0.1, 0.15) is 12.4 Å². The van der Waals surface area contributed by atoms with Gasteiger partial charge in [0.2, 0.25) is 0 Å². The number of nitrogens with zero attached hydrogens (tertiary/aromatic N) is 2. The molecule has 0 spiro atoms. The third-order valence-electron chi connectivity index (χ3n) is 4.75. The molecule has 2 aliphatic heterocycles. The highest BCUT2D eigenvalue weighted by Crippen LogP contribution is 2.22. The van der Waals surface area contributed by atoms with Gasteiger partial charge in [-0.3, -0.25) is 9.69 Å². The number of para-hydroxylation sites is 1. The number of carbonyl (C=O) groups excluding carboxylic acids is 1. The van der Waals surface area contributed by atoms with Gasteiger partial charge in [-0.05, 0) is 31.9 Å². The molecule has 0 bridgehead atoms. The number of aliphatic hydroxyl groups excluding tert-OH is 1. The number of ether oxygens (including phenoxy) is 2. The maximum absolute atomic E-state index is 12.9. The topological polar surface area (TPSA) is 62.2 Å². The molecule has 6 nitrogen and oxygen atoms in total. The second-order valence-electron chi connectivity index (χ2n) is 6.88. The molecule has 0 aromatic heterocycles. The highest BCUT2D eigenvalue weighted by molar-refractivity contribution is 5.97. The van der Waals surface area contributed by atoms with Gasteiger partial charge in [-0.15, -0.1) is 0 Å². The Morgan fingerprint density at radius 2 is 2.08 bits per heavy atom. The first kappa shape index (κ1) is 18.2. The van der Waals surface area contributed by atoms with Crippen LogP contribution in [0.2, 0.25) is 0 Å². The third-order valence-corrected chi connectivity index (χ3v) is 4.75. The molecular weight excluding hydrogens is 320 g/mol. The number of carbonyl (C=O) groups is 1. The summed E-state index contributed by atoms with van der Waals surface area (Å²) in [6, 6.07) is 7.44. The number of amides is 1. The fraction of sp³-hybridized carbons (Fsp3) is 0.632. The van der Waals surface area contributed by atoms with Crippen LogP contribution in [0.4, 0.5) is 0 Å². The number of piperazine rings is 1. The van der Waals surface area contributed by atoms with Gasteiger partial charge < -0.3 is 19.5 Å². The fourth-order valence-electron chi connectivity index (χ4n) is 3.41. The first-order valence-corrected chi connectivity index (χ1v) is 9.16. The van der Waals surface area contributed by atoms with Crippen LogP contribution in [0.15, 0.2) is 24.3 Å². The number of benzene rings is 1. The quantitative estimate of drug-likeness (QED) is 0.842. The van der Waals surface area contributed by atoms with Crippen LogP contribution in [-0.2, 0) is 4.74 Å². The summed E-state index contributed by atoms with van der Waals surface area (Å²) in [5.41, 5.74) is 0.615. The van der Waals surface area contributed by atoms with Crippen LogP contribution in [-0.4, -0.2) is 79.0 Å². The molecule has 3 rings (SSSR count). The van der Waals surface area contributed by atoms with Gasteiger partial charge in [-0.25, -0.2) is 0 Å². The van der Waals surface area contributed by atoms with Gasteiger partial charge in [0, 0.05) is 39.3 Å². The van der Waals surface area contributed by atoms with Crippen LogP contribution < -0.4 is 4.74 Å². The summed E-state index contributed by atoms with van der Waals surface area (Å²) in [7, 11) is 0. The van der Waals surface area contributed by atoms with Gasteiger partial charge in [0.25, 0.3) is 5.91 Å². The largest absolute Gasteiger partial charge is 0.490 e. The first-order chi connectivity index (χ1) is 12.1. The van der Waals surface area contributed by atoms with E-state index < -0.39 is 0 Å². The molecule has 2 saturated heterocycles. The van der Waals surface area contributed by atoms with Crippen LogP contribution in [0.3, 0.4) is 0 Å². The minimum atomic E-state index is -0.339. The van der Waals surface area contributed by atoms with E-state index in [1.807, 2.05) is 29.2 Å². The summed E-state index contributed by atoms with van der Waals surface area (Å²) >= 11 is 0. The van der Waals surface area contributed by atoms with Crippen LogP contribution in [0, 0.1) is 0 Å². The fourth-order valence-corrected chi connectivity index (χ4v) is 3.41. The van der Waals surface area contributed by atoms with Gasteiger partial charge in [0.15, 0.2) is 0 Å². The van der Waals surface area contributed by atoms with Crippen molar-refractivity contribution in [1.29, 1.82) is 0 Å². The summed E-state index contributed by atoms with van der Waals surface area (Å²) in [5.74, 6) is 0.647. The van der Waals surface area contributed by atoms with Crippen LogP contribution in [0.5, 0.6) is 5.75 Å². The van der Waals surface area contributed by atoms with Crippen molar-refractivity contribution in [3.05, 3.63) is 29.8 Å². The molecule has 2 fully saturated rings. The summed E-state index contributed by atoms with van der Waals surface area (Å²) in [4.78, 5) is 16.9. The molecule has 0 saturated carbocycles. The van der Waals surface area contributed by atoms with Gasteiger partial charge in [-0.2, -0.15) is 0 Å². The van der Waals surface area contributed by atoms with E-state index in [9.17, 15) is 9.90 Å². The van der Waals surface area contributed by atoms with Crippen molar-refractivity contribution in [1.82, 2.24) is 9.80 Å². The molecule has 1 aromatic rings. The molecule has 2 aliphatic rings. The van der Waals surface area contributed by atoms with Crippen LogP contribution >= 0.6 is 0 Å². The lowest BCUT2D eigenvalue weighted by molar-refractivity contribution is 0.0535. The van der Waals surface area contributed by atoms with E-state index in [4.69, 9.17) is 9.47 Å². The molecule has 1 N–H and O–H groups in total. The Kier molecular flexibility index (Phi) is 6.29. The van der Waals surface area contributed by atoms with Crippen molar-refractivity contribution < 1.29 is 19.4 Å². The summed E-state index contributed by atoms with van der Waals surface area (Å²) in [6.45, 7) is 6.66. The Balaban J connectivity index is 1.58. The van der Waals surface area contributed by atoms with Crippen molar-refractivity contribution in [3.63, 3.8) is 0 Å². The minimum absolute atomic E-state index is 0.0136. The average Bonchev–Trinajstić information content (AvgIpc) is 3.13. The van der Waals surface area contributed by atoms with E-state index in [0.717, 1.165) is 32.5 Å². The third kappa shape index (κ3) is 4.93. The number of hydrogen-bond donors (Lipinski definition) is 1. The predicted molar refractivity (Wildman–Crippen MR) is 94.9 cm³/mol. The van der Waals surface area contributed by atoms with E-state index in [1.54, 1.807) is 6.92 Å². The van der Waals surface area contributed by atoms with Crippen molar-refractivity contribution >= 4 is 5.91 Å². The second kappa shape index (κ2) is 8.65. The van der Waals surface area contributed by atoms with Crippen LogP contribution in [0.1, 0.15) is 30.1 Å². The van der Waals surface area contributed by atoms with E-state index in [2.05, 4.69) is 4.90 Å². The normalized spacial score (nSPS) is 22.8. The Hall–Kier alpha value is -1.63. The maximum Gasteiger partial charge on any atom is 0.257 e. The molecule has 2 atom stereocenters. The zero-order valence-corrected chi connectivity index (χ0v) is 14.9. The Morgan fingerprint density at radius 1 is 1.32 bits per heavy atom. The first-order valence-electron chi connectivity index (χ1n) is 9.16. The number of hydrogen-bond acceptors (Lipinski definition) is 5. The number of aliphatic hydroxyl groups is 1. The van der Waals surface area contributed by atoms with Gasteiger partial charge in [0.05, 0.1) is 17.8 Å². The van der Waals surface area contributed by atoms with Crippen LogP contribution in [0.25, 0.3) is 0 Å². The molecule has 25 heavy (non-hydrogen) atoms. The van der Waals surface area contributed by atoms with E-state index in [1.165, 1.54) is 0 Å². The molecule has 138 valence electrons. The molecule has 6 heteroatoms. The van der Waals surface area contributed by atoms with Gasteiger partial charge >= 0.3 is 0 Å². The molecule has 2 heterocycles. The lowest BCUT2D eigenvalue weighted by Crippen LogP contribution is -2.50. The average molecular weight is 348 g/mol.